The Labute approximate surface area is 157 Å². The van der Waals surface area contributed by atoms with Crippen LogP contribution in [0.2, 0.25) is 0 Å². The predicted octanol–water partition coefficient (Wildman–Crippen LogP) is 1.51. The number of benzene rings is 1. The van der Waals surface area contributed by atoms with E-state index in [1.54, 1.807) is 0 Å². The molecule has 10 nitrogen and oxygen atoms in total. The minimum atomic E-state index is -0.716. The molecule has 0 radical (unpaired) electrons. The van der Waals surface area contributed by atoms with Crippen molar-refractivity contribution in [2.24, 2.45) is 0 Å². The number of hydrogen-bond donors (Lipinski definition) is 1. The molecular formula is C16H15N3O7S. The van der Waals surface area contributed by atoms with E-state index < -0.39 is 17.0 Å². The van der Waals surface area contributed by atoms with Gasteiger partial charge >= 0.3 is 12.1 Å². The molecule has 1 atom stereocenters. The lowest BCUT2D eigenvalue weighted by Gasteiger charge is -2.34. The van der Waals surface area contributed by atoms with Crippen molar-refractivity contribution >= 4 is 35.4 Å². The van der Waals surface area contributed by atoms with Gasteiger partial charge in [0.1, 0.15) is 18.9 Å². The van der Waals surface area contributed by atoms with Gasteiger partial charge in [0.25, 0.3) is 5.69 Å². The lowest BCUT2D eigenvalue weighted by atomic mass is 10.1. The molecule has 0 bridgehead atoms. The van der Waals surface area contributed by atoms with E-state index in [1.807, 2.05) is 0 Å². The van der Waals surface area contributed by atoms with Gasteiger partial charge in [-0.05, 0) is 17.7 Å². The van der Waals surface area contributed by atoms with Gasteiger partial charge in [-0.25, -0.2) is 9.59 Å². The van der Waals surface area contributed by atoms with Crippen LogP contribution in [0, 0.1) is 10.1 Å². The summed E-state index contributed by atoms with van der Waals surface area (Å²) >= 11 is 1.28. The summed E-state index contributed by atoms with van der Waals surface area (Å²) in [6.07, 6.45) is -0.352. The van der Waals surface area contributed by atoms with Crippen LogP contribution in [0.15, 0.2) is 34.9 Å². The van der Waals surface area contributed by atoms with Crippen LogP contribution in [0.1, 0.15) is 12.0 Å². The average Bonchev–Trinajstić information content (AvgIpc) is 2.96. The highest BCUT2D eigenvalue weighted by Gasteiger charge is 2.49. The molecule has 2 heterocycles. The highest BCUT2D eigenvalue weighted by atomic mass is 32.2. The Kier molecular flexibility index (Phi) is 5.31. The number of thioether (sulfide) groups is 1. The zero-order chi connectivity index (χ0) is 19.6. The number of nitrogens with zero attached hydrogens (tertiary/aromatic N) is 2. The fraction of sp³-hybridized carbons (Fsp3) is 0.312. The fourth-order valence-electron chi connectivity index (χ4n) is 2.55. The first-order chi connectivity index (χ1) is 12.9. The van der Waals surface area contributed by atoms with Gasteiger partial charge in [-0.1, -0.05) is 11.8 Å². The van der Waals surface area contributed by atoms with Crippen LogP contribution >= 0.6 is 11.8 Å². The number of esters is 1. The number of hydrogen-bond acceptors (Lipinski definition) is 8. The van der Waals surface area contributed by atoms with Crippen molar-refractivity contribution in [3.8, 4) is 0 Å². The van der Waals surface area contributed by atoms with Gasteiger partial charge in [-0.2, -0.15) is 0 Å². The van der Waals surface area contributed by atoms with Crippen molar-refractivity contribution in [3.63, 3.8) is 0 Å². The molecule has 1 fully saturated rings. The van der Waals surface area contributed by atoms with E-state index in [2.05, 4.69) is 5.32 Å². The smallest absolute Gasteiger partial charge is 0.407 e. The Bertz CT molecular complexity index is 837. The van der Waals surface area contributed by atoms with Gasteiger partial charge < -0.3 is 14.8 Å². The number of nitro benzene ring substituents is 1. The first-order valence-corrected chi connectivity index (χ1v) is 8.75. The maximum absolute atomic E-state index is 12.5. The molecule has 11 heteroatoms. The third-order valence-corrected chi connectivity index (χ3v) is 5.18. The molecule has 0 saturated carbocycles. The summed E-state index contributed by atoms with van der Waals surface area (Å²) in [5, 5.41) is 12.8. The van der Waals surface area contributed by atoms with Gasteiger partial charge in [0.15, 0.2) is 0 Å². The van der Waals surface area contributed by atoms with Gasteiger partial charge in [-0.3, -0.25) is 19.8 Å². The zero-order valence-electron chi connectivity index (χ0n) is 14.2. The molecule has 0 spiro atoms. The number of non-ortho nitro benzene ring substituents is 1. The van der Waals surface area contributed by atoms with Crippen LogP contribution in [-0.2, 0) is 25.7 Å². The summed E-state index contributed by atoms with van der Waals surface area (Å²) in [5.41, 5.74) is 0.574. The summed E-state index contributed by atoms with van der Waals surface area (Å²) in [6.45, 7) is -0.256. The second-order valence-electron chi connectivity index (χ2n) is 5.64. The van der Waals surface area contributed by atoms with E-state index in [0.717, 1.165) is 0 Å². The minimum Gasteiger partial charge on any atom is -0.456 e. The molecule has 1 aromatic rings. The topological polar surface area (TPSA) is 128 Å². The number of nitro groups is 1. The van der Waals surface area contributed by atoms with E-state index in [9.17, 15) is 24.5 Å². The van der Waals surface area contributed by atoms with Crippen LogP contribution in [0.25, 0.3) is 0 Å². The van der Waals surface area contributed by atoms with Crippen molar-refractivity contribution in [3.05, 3.63) is 50.5 Å². The van der Waals surface area contributed by atoms with Gasteiger partial charge in [0.2, 0.25) is 5.91 Å². The summed E-state index contributed by atoms with van der Waals surface area (Å²) in [6, 6.07) is 5.59. The van der Waals surface area contributed by atoms with E-state index in [4.69, 9.17) is 9.47 Å². The molecule has 2 aliphatic heterocycles. The largest absolute Gasteiger partial charge is 0.456 e. The second kappa shape index (κ2) is 7.66. The monoisotopic (exact) mass is 393 g/mol. The molecular weight excluding hydrogens is 378 g/mol. The predicted molar refractivity (Wildman–Crippen MR) is 93.2 cm³/mol. The lowest BCUT2D eigenvalue weighted by Crippen LogP contribution is -2.48. The van der Waals surface area contributed by atoms with Crippen LogP contribution in [0.5, 0.6) is 0 Å². The Balaban J connectivity index is 1.68. The molecule has 3 rings (SSSR count). The van der Waals surface area contributed by atoms with E-state index >= 15 is 0 Å². The standard InChI is InChI=1S/C16H15N3O7S/c1-17-16(22)26-8-11-14(18-12(20)6-13(18)27-11)15(21)25-7-9-2-4-10(5-3-9)19(23)24/h2-5,13H,6-8H2,1H3,(H,17,22)/t13-/m0/s1. The SMILES string of the molecule is CNC(=O)OCC1=C(C(=O)OCc2ccc([N+](=O)[O-])cc2)N2C(=O)C[C@@H]2S1. The van der Waals surface area contributed by atoms with Crippen molar-refractivity contribution in [2.75, 3.05) is 13.7 Å². The normalized spacial score (nSPS) is 17.9. The zero-order valence-corrected chi connectivity index (χ0v) is 15.0. The maximum atomic E-state index is 12.5. The molecule has 1 N–H and O–H groups in total. The number of amides is 2. The van der Waals surface area contributed by atoms with Gasteiger partial charge in [0, 0.05) is 19.2 Å². The third kappa shape index (κ3) is 3.87. The van der Waals surface area contributed by atoms with Crippen molar-refractivity contribution in [1.29, 1.82) is 0 Å². The van der Waals surface area contributed by atoms with Crippen LogP contribution in [-0.4, -0.2) is 46.8 Å². The molecule has 142 valence electrons. The molecule has 2 amide bonds. The van der Waals surface area contributed by atoms with Gasteiger partial charge in [0.05, 0.1) is 21.6 Å². The summed E-state index contributed by atoms with van der Waals surface area (Å²) in [7, 11) is 1.41. The number of β-lactam (4-membered cyclic amide) rings is 1. The van der Waals surface area contributed by atoms with Crippen LogP contribution in [0.4, 0.5) is 10.5 Å². The molecule has 1 saturated heterocycles. The number of rotatable bonds is 6. The maximum Gasteiger partial charge on any atom is 0.407 e. The quantitative estimate of drug-likeness (QED) is 0.333. The summed E-state index contributed by atoms with van der Waals surface area (Å²) in [4.78, 5) is 47.5. The van der Waals surface area contributed by atoms with Crippen LogP contribution < -0.4 is 5.32 Å². The van der Waals surface area contributed by atoms with E-state index in [-0.39, 0.29) is 35.9 Å². The summed E-state index contributed by atoms with van der Waals surface area (Å²) < 4.78 is 10.2. The van der Waals surface area contributed by atoms with Gasteiger partial charge in [-0.15, -0.1) is 0 Å². The third-order valence-electron chi connectivity index (χ3n) is 3.94. The Hall–Kier alpha value is -3.08. The minimum absolute atomic E-state index is 0.0670. The molecule has 0 aromatic heterocycles. The number of carbonyl (C=O) groups is 3. The average molecular weight is 393 g/mol. The number of nitrogens with one attached hydrogen (secondary N) is 1. The van der Waals surface area contributed by atoms with Crippen molar-refractivity contribution in [2.45, 2.75) is 18.4 Å². The van der Waals surface area contributed by atoms with E-state index in [1.165, 1.54) is 48.0 Å². The highest BCUT2D eigenvalue weighted by molar-refractivity contribution is 8.04. The lowest BCUT2D eigenvalue weighted by molar-refractivity contribution is -0.384. The second-order valence-corrected chi connectivity index (χ2v) is 6.91. The molecule has 2 aliphatic rings. The Morgan fingerprint density at radius 2 is 2.00 bits per heavy atom. The van der Waals surface area contributed by atoms with Crippen molar-refractivity contribution < 1.29 is 28.8 Å². The van der Waals surface area contributed by atoms with E-state index in [0.29, 0.717) is 16.9 Å². The first-order valence-electron chi connectivity index (χ1n) is 7.87. The first kappa shape index (κ1) is 18.7. The number of alkyl carbamates (subject to hydrolysis) is 1. The number of ether oxygens (including phenoxy) is 2. The summed E-state index contributed by atoms with van der Waals surface area (Å²) in [5.74, 6) is -0.920. The fourth-order valence-corrected chi connectivity index (χ4v) is 3.86. The molecule has 0 aliphatic carbocycles. The highest BCUT2D eigenvalue weighted by Crippen LogP contribution is 2.46. The molecule has 27 heavy (non-hydrogen) atoms. The molecule has 0 unspecified atom stereocenters. The number of carbonyl (C=O) groups excluding carboxylic acids is 3. The Morgan fingerprint density at radius 1 is 1.30 bits per heavy atom. The van der Waals surface area contributed by atoms with Crippen LogP contribution in [0.3, 0.4) is 0 Å². The number of fused-ring (bicyclic) bond motifs is 1. The Morgan fingerprint density at radius 3 is 2.59 bits per heavy atom. The van der Waals surface area contributed by atoms with Crippen molar-refractivity contribution in [1.82, 2.24) is 10.2 Å². The molecule has 1 aromatic carbocycles.